The molecule has 0 aliphatic heterocycles. The highest BCUT2D eigenvalue weighted by Crippen LogP contribution is 2.23. The van der Waals surface area contributed by atoms with Gasteiger partial charge in [0.1, 0.15) is 17.4 Å². The third kappa shape index (κ3) is 3.02. The number of fused-ring (bicyclic) bond motifs is 1. The second kappa shape index (κ2) is 6.40. The molecule has 3 rings (SSSR count). The lowest BCUT2D eigenvalue weighted by atomic mass is 10.1. The van der Waals surface area contributed by atoms with Crippen molar-refractivity contribution in [3.8, 4) is 0 Å². The quantitative estimate of drug-likeness (QED) is 0.615. The first kappa shape index (κ1) is 16.1. The van der Waals surface area contributed by atoms with Gasteiger partial charge in [0.05, 0.1) is 18.4 Å². The number of carboxylic acids is 1. The minimum Gasteiger partial charge on any atom is -0.476 e. The van der Waals surface area contributed by atoms with Crippen LogP contribution in [0.5, 0.6) is 0 Å². The molecule has 0 bridgehead atoms. The molecule has 25 heavy (non-hydrogen) atoms. The van der Waals surface area contributed by atoms with Crippen LogP contribution in [0.25, 0.3) is 11.0 Å². The predicted molar refractivity (Wildman–Crippen MR) is 86.6 cm³/mol. The first-order valence-electron chi connectivity index (χ1n) is 7.06. The van der Waals surface area contributed by atoms with Gasteiger partial charge in [0, 0.05) is 11.8 Å². The van der Waals surface area contributed by atoms with Crippen LogP contribution < -0.4 is 5.32 Å². The molecular formula is C16H12N4O5. The van der Waals surface area contributed by atoms with Crippen LogP contribution in [0, 0.1) is 0 Å². The molecule has 1 amide bonds. The van der Waals surface area contributed by atoms with E-state index in [0.717, 1.165) is 6.33 Å². The Balaban J connectivity index is 1.92. The number of nitrogens with zero attached hydrogens (tertiary/aromatic N) is 2. The number of aromatic amines is 1. The summed E-state index contributed by atoms with van der Waals surface area (Å²) in [6.45, 7) is 0. The molecule has 2 heterocycles. The fourth-order valence-electron chi connectivity index (χ4n) is 2.30. The zero-order valence-corrected chi connectivity index (χ0v) is 12.9. The molecule has 0 unspecified atom stereocenters. The Labute approximate surface area is 140 Å². The van der Waals surface area contributed by atoms with Crippen LogP contribution in [0.2, 0.25) is 0 Å². The monoisotopic (exact) mass is 340 g/mol. The number of aromatic carboxylic acids is 1. The lowest BCUT2D eigenvalue weighted by Gasteiger charge is -2.05. The third-order valence-electron chi connectivity index (χ3n) is 3.46. The number of amides is 1. The van der Waals surface area contributed by atoms with Crippen LogP contribution in [0.4, 0.5) is 5.69 Å². The first-order chi connectivity index (χ1) is 12.0. The number of aromatic nitrogens is 3. The van der Waals surface area contributed by atoms with Crippen molar-refractivity contribution in [1.29, 1.82) is 0 Å². The van der Waals surface area contributed by atoms with Crippen molar-refractivity contribution >= 4 is 34.6 Å². The number of carboxylic acid groups (broad SMARTS) is 1. The number of esters is 1. The lowest BCUT2D eigenvalue weighted by molar-refractivity contribution is 0.0599. The van der Waals surface area contributed by atoms with Gasteiger partial charge in [0.15, 0.2) is 5.69 Å². The van der Waals surface area contributed by atoms with E-state index in [4.69, 9.17) is 5.11 Å². The van der Waals surface area contributed by atoms with Gasteiger partial charge in [-0.05, 0) is 18.2 Å². The topological polar surface area (TPSA) is 134 Å². The summed E-state index contributed by atoms with van der Waals surface area (Å²) in [6, 6.07) is 6.02. The number of rotatable bonds is 4. The number of methoxy groups -OCH3 is 1. The molecule has 0 saturated heterocycles. The smallest absolute Gasteiger partial charge is 0.356 e. The Morgan fingerprint density at radius 2 is 1.96 bits per heavy atom. The summed E-state index contributed by atoms with van der Waals surface area (Å²) in [5, 5.41) is 11.7. The van der Waals surface area contributed by atoms with Gasteiger partial charge in [-0.2, -0.15) is 0 Å². The largest absolute Gasteiger partial charge is 0.476 e. The van der Waals surface area contributed by atoms with E-state index in [-0.39, 0.29) is 27.9 Å². The van der Waals surface area contributed by atoms with Crippen LogP contribution in [-0.2, 0) is 4.74 Å². The van der Waals surface area contributed by atoms with E-state index in [9.17, 15) is 14.4 Å². The number of nitrogens with one attached hydrogen (secondary N) is 2. The van der Waals surface area contributed by atoms with Crippen molar-refractivity contribution in [2.24, 2.45) is 0 Å². The molecule has 0 aliphatic rings. The van der Waals surface area contributed by atoms with E-state index in [0.29, 0.717) is 5.69 Å². The molecule has 0 fully saturated rings. The molecule has 9 nitrogen and oxygen atoms in total. The average Bonchev–Trinajstić information content (AvgIpc) is 3.03. The summed E-state index contributed by atoms with van der Waals surface area (Å²) in [5.41, 5.74) is 1.05. The molecule has 0 atom stereocenters. The summed E-state index contributed by atoms with van der Waals surface area (Å²) < 4.78 is 4.62. The first-order valence-corrected chi connectivity index (χ1v) is 7.06. The molecule has 9 heteroatoms. The van der Waals surface area contributed by atoms with Crippen LogP contribution in [0.15, 0.2) is 36.8 Å². The highest BCUT2D eigenvalue weighted by atomic mass is 16.5. The van der Waals surface area contributed by atoms with E-state index in [1.807, 2.05) is 0 Å². The molecule has 0 spiro atoms. The number of ether oxygens (including phenoxy) is 1. The highest BCUT2D eigenvalue weighted by Gasteiger charge is 2.17. The minimum atomic E-state index is -1.21. The standard InChI is InChI=1S/C16H12N4O5/c1-25-16(24)9-4-2-3-8(5-9)14(21)20-10-6-17-12-11(10)18-7-19-13(12)15(22)23/h2-7,17H,1H3,(H,20,21)(H,22,23). The van der Waals surface area contributed by atoms with Crippen molar-refractivity contribution in [2.45, 2.75) is 0 Å². The number of anilines is 1. The maximum atomic E-state index is 12.4. The van der Waals surface area contributed by atoms with Crippen LogP contribution in [-0.4, -0.2) is 45.0 Å². The van der Waals surface area contributed by atoms with Gasteiger partial charge >= 0.3 is 11.9 Å². The predicted octanol–water partition coefficient (Wildman–Crippen LogP) is 1.69. The highest BCUT2D eigenvalue weighted by molar-refractivity contribution is 6.10. The summed E-state index contributed by atoms with van der Waals surface area (Å²) in [7, 11) is 1.25. The zero-order chi connectivity index (χ0) is 18.0. The van der Waals surface area contributed by atoms with E-state index >= 15 is 0 Å². The summed E-state index contributed by atoms with van der Waals surface area (Å²) in [5.74, 6) is -2.25. The summed E-state index contributed by atoms with van der Waals surface area (Å²) in [4.78, 5) is 45.5. The Kier molecular flexibility index (Phi) is 4.12. The fraction of sp³-hybridized carbons (Fsp3) is 0.0625. The van der Waals surface area contributed by atoms with E-state index < -0.39 is 17.8 Å². The number of carbonyl (C=O) groups is 3. The normalized spacial score (nSPS) is 10.4. The number of benzene rings is 1. The molecule has 1 aromatic carbocycles. The minimum absolute atomic E-state index is 0.196. The van der Waals surface area contributed by atoms with Gasteiger partial charge in [-0.25, -0.2) is 19.6 Å². The molecule has 3 N–H and O–H groups in total. The van der Waals surface area contributed by atoms with Crippen molar-refractivity contribution in [3.63, 3.8) is 0 Å². The molecule has 126 valence electrons. The maximum Gasteiger partial charge on any atom is 0.356 e. The van der Waals surface area contributed by atoms with Crippen molar-refractivity contribution in [1.82, 2.24) is 15.0 Å². The molecule has 0 saturated carbocycles. The number of carbonyl (C=O) groups excluding carboxylic acids is 2. The van der Waals surface area contributed by atoms with Crippen molar-refractivity contribution in [2.75, 3.05) is 12.4 Å². The lowest BCUT2D eigenvalue weighted by Crippen LogP contribution is -2.13. The van der Waals surface area contributed by atoms with Crippen molar-refractivity contribution in [3.05, 3.63) is 53.6 Å². The van der Waals surface area contributed by atoms with Crippen molar-refractivity contribution < 1.29 is 24.2 Å². The fourth-order valence-corrected chi connectivity index (χ4v) is 2.30. The molecule has 3 aromatic rings. The molecule has 0 radical (unpaired) electrons. The zero-order valence-electron chi connectivity index (χ0n) is 12.9. The average molecular weight is 340 g/mol. The third-order valence-corrected chi connectivity index (χ3v) is 3.46. The van der Waals surface area contributed by atoms with Crippen LogP contribution in [0.3, 0.4) is 0 Å². The molecular weight excluding hydrogens is 328 g/mol. The van der Waals surface area contributed by atoms with E-state index in [1.165, 1.54) is 31.5 Å². The maximum absolute atomic E-state index is 12.4. The summed E-state index contributed by atoms with van der Waals surface area (Å²) >= 11 is 0. The summed E-state index contributed by atoms with van der Waals surface area (Å²) in [6.07, 6.45) is 2.53. The van der Waals surface area contributed by atoms with E-state index in [1.54, 1.807) is 6.07 Å². The Hall–Kier alpha value is -3.75. The van der Waals surface area contributed by atoms with Gasteiger partial charge in [-0.1, -0.05) is 6.07 Å². The second-order valence-corrected chi connectivity index (χ2v) is 4.98. The van der Waals surface area contributed by atoms with Crippen LogP contribution >= 0.6 is 0 Å². The number of hydrogen-bond donors (Lipinski definition) is 3. The number of H-pyrrole nitrogens is 1. The Morgan fingerprint density at radius 1 is 1.20 bits per heavy atom. The SMILES string of the molecule is COC(=O)c1cccc(C(=O)Nc2c[nH]c3c(C(=O)O)ncnc23)c1. The van der Waals surface area contributed by atoms with Gasteiger partial charge in [0.2, 0.25) is 0 Å². The van der Waals surface area contributed by atoms with Gasteiger partial charge in [-0.3, -0.25) is 4.79 Å². The van der Waals surface area contributed by atoms with E-state index in [2.05, 4.69) is 25.0 Å². The molecule has 2 aromatic heterocycles. The van der Waals surface area contributed by atoms with Gasteiger partial charge in [0.25, 0.3) is 5.91 Å². The Bertz CT molecular complexity index is 995. The number of hydrogen-bond acceptors (Lipinski definition) is 6. The molecule has 0 aliphatic carbocycles. The second-order valence-electron chi connectivity index (χ2n) is 4.98. The van der Waals surface area contributed by atoms with Gasteiger partial charge < -0.3 is 20.1 Å². The Morgan fingerprint density at radius 3 is 2.68 bits per heavy atom. The van der Waals surface area contributed by atoms with Gasteiger partial charge in [-0.15, -0.1) is 0 Å². The van der Waals surface area contributed by atoms with Crippen LogP contribution in [0.1, 0.15) is 31.2 Å².